The van der Waals surface area contributed by atoms with Crippen LogP contribution in [-0.4, -0.2) is 60.2 Å². The molecular weight excluding hydrogens is 272 g/mol. The molecule has 0 bridgehead atoms. The van der Waals surface area contributed by atoms with E-state index in [2.05, 4.69) is 5.32 Å². The van der Waals surface area contributed by atoms with Crippen molar-refractivity contribution in [1.82, 2.24) is 10.2 Å². The highest BCUT2D eigenvalue weighted by molar-refractivity contribution is 5.65. The molecule has 6 nitrogen and oxygen atoms in total. The number of benzene rings is 1. The van der Waals surface area contributed by atoms with Crippen molar-refractivity contribution in [2.24, 2.45) is 0 Å². The second-order valence-electron chi connectivity index (χ2n) is 5.21. The quantitative estimate of drug-likeness (QED) is 0.757. The number of hydrogen-bond acceptors (Lipinski definition) is 4. The summed E-state index contributed by atoms with van der Waals surface area (Å²) in [6.07, 6.45) is -0.474. The maximum Gasteiger partial charge on any atom is 0.407 e. The van der Waals surface area contributed by atoms with E-state index in [-0.39, 0.29) is 24.8 Å². The summed E-state index contributed by atoms with van der Waals surface area (Å²) >= 11 is 0. The fourth-order valence-electron chi connectivity index (χ4n) is 2.72. The predicted molar refractivity (Wildman–Crippen MR) is 78.2 cm³/mol. The van der Waals surface area contributed by atoms with E-state index in [4.69, 9.17) is 9.84 Å². The first kappa shape index (κ1) is 15.8. The Hall–Kier alpha value is -1.63. The molecule has 1 aromatic rings. The number of aliphatic hydroxyl groups excluding tert-OH is 1. The van der Waals surface area contributed by atoms with Gasteiger partial charge in [0.2, 0.25) is 0 Å². The molecule has 1 aliphatic heterocycles. The first-order valence-corrected chi connectivity index (χ1v) is 7.08. The molecule has 1 aliphatic rings. The summed E-state index contributed by atoms with van der Waals surface area (Å²) in [6.45, 7) is 0.801. The van der Waals surface area contributed by atoms with Crippen molar-refractivity contribution in [2.45, 2.75) is 24.6 Å². The zero-order valence-electron chi connectivity index (χ0n) is 12.1. The molecule has 0 aliphatic carbocycles. The van der Waals surface area contributed by atoms with Crippen LogP contribution < -0.4 is 5.32 Å². The van der Waals surface area contributed by atoms with E-state index in [1.807, 2.05) is 30.3 Å². The Balaban J connectivity index is 2.02. The molecular formula is C15H22N2O4. The third kappa shape index (κ3) is 3.93. The van der Waals surface area contributed by atoms with E-state index < -0.39 is 6.09 Å². The molecule has 0 radical (unpaired) electrons. The molecule has 21 heavy (non-hydrogen) atoms. The summed E-state index contributed by atoms with van der Waals surface area (Å²) in [4.78, 5) is 12.4. The van der Waals surface area contributed by atoms with Gasteiger partial charge in [-0.2, -0.15) is 0 Å². The molecule has 1 unspecified atom stereocenters. The number of methoxy groups -OCH3 is 1. The van der Waals surface area contributed by atoms with Crippen molar-refractivity contribution in [2.75, 3.05) is 26.8 Å². The highest BCUT2D eigenvalue weighted by Gasteiger charge is 2.32. The number of hydrogen-bond donors (Lipinski definition) is 3. The largest absolute Gasteiger partial charge is 0.465 e. The summed E-state index contributed by atoms with van der Waals surface area (Å²) in [5.74, 6) is 0. The highest BCUT2D eigenvalue weighted by atomic mass is 16.5. The summed E-state index contributed by atoms with van der Waals surface area (Å²) < 4.78 is 5.42. The second-order valence-corrected chi connectivity index (χ2v) is 5.21. The lowest BCUT2D eigenvalue weighted by Crippen LogP contribution is -2.55. The monoisotopic (exact) mass is 294 g/mol. The maximum atomic E-state index is 11.0. The fraction of sp³-hybridized carbons (Fsp3) is 0.533. The Bertz CT molecular complexity index is 454. The van der Waals surface area contributed by atoms with Crippen molar-refractivity contribution < 1.29 is 19.7 Å². The molecule has 1 aromatic carbocycles. The number of nitrogens with one attached hydrogen (secondary N) is 1. The summed E-state index contributed by atoms with van der Waals surface area (Å²) in [7, 11) is 1.58. The minimum atomic E-state index is -0.919. The van der Waals surface area contributed by atoms with Gasteiger partial charge < -0.3 is 25.2 Å². The van der Waals surface area contributed by atoms with Gasteiger partial charge in [-0.05, 0) is 12.0 Å². The SMILES string of the molecule is CO[C@H]1CN(C(=O)O)CC[C@H]1NC(CO)c1ccccc1. The Morgan fingerprint density at radius 1 is 1.48 bits per heavy atom. The molecule has 1 heterocycles. The van der Waals surface area contributed by atoms with Gasteiger partial charge in [0, 0.05) is 19.7 Å². The molecule has 2 rings (SSSR count). The van der Waals surface area contributed by atoms with Crippen molar-refractivity contribution in [3.63, 3.8) is 0 Å². The zero-order valence-corrected chi connectivity index (χ0v) is 12.1. The van der Waals surface area contributed by atoms with Crippen LogP contribution in [0.5, 0.6) is 0 Å². The topological polar surface area (TPSA) is 82.0 Å². The molecule has 116 valence electrons. The van der Waals surface area contributed by atoms with Crippen LogP contribution in [0.4, 0.5) is 4.79 Å². The van der Waals surface area contributed by atoms with Gasteiger partial charge in [0.15, 0.2) is 0 Å². The summed E-state index contributed by atoms with van der Waals surface area (Å²) in [5.41, 5.74) is 1.01. The number of nitrogens with zero attached hydrogens (tertiary/aromatic N) is 1. The van der Waals surface area contributed by atoms with Gasteiger partial charge in [0.05, 0.1) is 25.3 Å². The fourth-order valence-corrected chi connectivity index (χ4v) is 2.72. The predicted octanol–water partition coefficient (Wildman–Crippen LogP) is 1.08. The van der Waals surface area contributed by atoms with Gasteiger partial charge in [-0.25, -0.2) is 4.79 Å². The number of ether oxygens (including phenoxy) is 1. The number of rotatable bonds is 5. The van der Waals surface area contributed by atoms with Crippen molar-refractivity contribution in [3.8, 4) is 0 Å². The van der Waals surface area contributed by atoms with E-state index in [0.29, 0.717) is 19.5 Å². The van der Waals surface area contributed by atoms with Crippen LogP contribution in [0.2, 0.25) is 0 Å². The van der Waals surface area contributed by atoms with E-state index >= 15 is 0 Å². The smallest absolute Gasteiger partial charge is 0.407 e. The third-order valence-corrected chi connectivity index (χ3v) is 3.93. The molecule has 0 spiro atoms. The van der Waals surface area contributed by atoms with Gasteiger partial charge in [0.1, 0.15) is 0 Å². The molecule has 6 heteroatoms. The maximum absolute atomic E-state index is 11.0. The van der Waals surface area contributed by atoms with Crippen LogP contribution >= 0.6 is 0 Å². The van der Waals surface area contributed by atoms with Gasteiger partial charge >= 0.3 is 6.09 Å². The van der Waals surface area contributed by atoms with E-state index in [1.54, 1.807) is 7.11 Å². The molecule has 1 saturated heterocycles. The Morgan fingerprint density at radius 3 is 2.76 bits per heavy atom. The Kier molecular flexibility index (Phi) is 5.55. The van der Waals surface area contributed by atoms with E-state index in [0.717, 1.165) is 5.56 Å². The van der Waals surface area contributed by atoms with Gasteiger partial charge in [-0.1, -0.05) is 30.3 Å². The first-order chi connectivity index (χ1) is 10.2. The van der Waals surface area contributed by atoms with Crippen molar-refractivity contribution in [3.05, 3.63) is 35.9 Å². The van der Waals surface area contributed by atoms with Crippen LogP contribution in [-0.2, 0) is 4.74 Å². The van der Waals surface area contributed by atoms with Crippen LogP contribution in [0.3, 0.4) is 0 Å². The van der Waals surface area contributed by atoms with Crippen LogP contribution in [0.25, 0.3) is 0 Å². The number of likely N-dealkylation sites (tertiary alicyclic amines) is 1. The van der Waals surface area contributed by atoms with Crippen molar-refractivity contribution in [1.29, 1.82) is 0 Å². The summed E-state index contributed by atoms with van der Waals surface area (Å²) in [5, 5.41) is 22.0. The highest BCUT2D eigenvalue weighted by Crippen LogP contribution is 2.19. The number of carboxylic acid groups (broad SMARTS) is 1. The molecule has 3 N–H and O–H groups in total. The van der Waals surface area contributed by atoms with Crippen molar-refractivity contribution >= 4 is 6.09 Å². The first-order valence-electron chi connectivity index (χ1n) is 7.08. The average Bonchev–Trinajstić information content (AvgIpc) is 2.53. The molecule has 1 amide bonds. The van der Waals surface area contributed by atoms with Gasteiger partial charge in [-0.15, -0.1) is 0 Å². The van der Waals surface area contributed by atoms with Gasteiger partial charge in [-0.3, -0.25) is 0 Å². The number of carbonyl (C=O) groups is 1. The summed E-state index contributed by atoms with van der Waals surface area (Å²) in [6, 6.07) is 9.56. The number of aliphatic hydroxyl groups is 1. The third-order valence-electron chi connectivity index (χ3n) is 3.93. The van der Waals surface area contributed by atoms with Crippen LogP contribution in [0.1, 0.15) is 18.0 Å². The standard InChI is InChI=1S/C15H22N2O4/c1-21-14-9-17(15(19)20)8-7-12(14)16-13(10-18)11-5-3-2-4-6-11/h2-6,12-14,16,18H,7-10H2,1H3,(H,19,20)/t12-,13?,14+/m1/s1. The van der Waals surface area contributed by atoms with Crippen LogP contribution in [0.15, 0.2) is 30.3 Å². The molecule has 3 atom stereocenters. The molecule has 0 saturated carbocycles. The van der Waals surface area contributed by atoms with Crippen LogP contribution in [0, 0.1) is 0 Å². The molecule has 0 aromatic heterocycles. The average molecular weight is 294 g/mol. The number of piperidine rings is 1. The molecule has 1 fully saturated rings. The number of amides is 1. The normalized spacial score (nSPS) is 23.8. The lowest BCUT2D eigenvalue weighted by Gasteiger charge is -2.38. The lowest BCUT2D eigenvalue weighted by molar-refractivity contribution is 0.00421. The van der Waals surface area contributed by atoms with E-state index in [1.165, 1.54) is 4.90 Å². The van der Waals surface area contributed by atoms with E-state index in [9.17, 15) is 9.90 Å². The minimum absolute atomic E-state index is 0.0143. The van der Waals surface area contributed by atoms with Gasteiger partial charge in [0.25, 0.3) is 0 Å². The minimum Gasteiger partial charge on any atom is -0.465 e. The Labute approximate surface area is 124 Å². The lowest BCUT2D eigenvalue weighted by atomic mass is 9.99. The second kappa shape index (κ2) is 7.40. The zero-order chi connectivity index (χ0) is 15.2. The Morgan fingerprint density at radius 2 is 2.19 bits per heavy atom.